The highest BCUT2D eigenvalue weighted by Gasteiger charge is 2.27. The van der Waals surface area contributed by atoms with Crippen LogP contribution in [-0.2, 0) is 10.0 Å². The molecule has 0 bridgehead atoms. The third-order valence-electron chi connectivity index (χ3n) is 5.66. The maximum absolute atomic E-state index is 13.2. The lowest BCUT2D eigenvalue weighted by atomic mass is 10.1. The van der Waals surface area contributed by atoms with Crippen molar-refractivity contribution in [3.8, 4) is 11.5 Å². The molecule has 1 N–H and O–H groups in total. The van der Waals surface area contributed by atoms with Gasteiger partial charge in [0.2, 0.25) is 10.0 Å². The summed E-state index contributed by atoms with van der Waals surface area (Å²) in [7, 11) is -2.21. The summed E-state index contributed by atoms with van der Waals surface area (Å²) in [4.78, 5) is 13.2. The van der Waals surface area contributed by atoms with Crippen LogP contribution in [0.4, 0.5) is 0 Å². The average Bonchev–Trinajstić information content (AvgIpc) is 3.09. The Kier molecular flexibility index (Phi) is 8.15. The van der Waals surface area contributed by atoms with Gasteiger partial charge in [0.25, 0.3) is 5.91 Å². The molecule has 1 saturated heterocycles. The highest BCUT2D eigenvalue weighted by atomic mass is 32.2. The molecule has 2 aromatic carbocycles. The molecule has 1 amide bonds. The van der Waals surface area contributed by atoms with Crippen LogP contribution in [0.25, 0.3) is 0 Å². The molecule has 32 heavy (non-hydrogen) atoms. The van der Waals surface area contributed by atoms with Gasteiger partial charge < -0.3 is 14.8 Å². The summed E-state index contributed by atoms with van der Waals surface area (Å²) in [6.45, 7) is 5.39. The van der Waals surface area contributed by atoms with Crippen LogP contribution in [0.3, 0.4) is 0 Å². The Balaban J connectivity index is 1.82. The standard InChI is InChI=1S/C24H32N2O5S/c1-4-31-20-11-9-19(10-12-20)18(2)25-24(27)22-17-21(13-14-23(22)30-3)32(28,29)26-15-7-5-6-8-16-26/h9-14,17-18H,4-8,15-16H2,1-3H3,(H,25,27). The van der Waals surface area contributed by atoms with Crippen molar-refractivity contribution in [3.05, 3.63) is 53.6 Å². The third kappa shape index (κ3) is 5.61. The van der Waals surface area contributed by atoms with Crippen molar-refractivity contribution in [3.63, 3.8) is 0 Å². The van der Waals surface area contributed by atoms with E-state index in [1.807, 2.05) is 38.1 Å². The van der Waals surface area contributed by atoms with Gasteiger partial charge in [0.1, 0.15) is 11.5 Å². The molecule has 0 aliphatic carbocycles. The number of methoxy groups -OCH3 is 1. The number of carbonyl (C=O) groups is 1. The van der Waals surface area contributed by atoms with Crippen LogP contribution in [-0.4, -0.2) is 45.4 Å². The monoisotopic (exact) mass is 460 g/mol. The predicted octanol–water partition coefficient (Wildman–Crippen LogP) is 4.15. The fraction of sp³-hybridized carbons (Fsp3) is 0.458. The largest absolute Gasteiger partial charge is 0.496 e. The van der Waals surface area contributed by atoms with Gasteiger partial charge in [-0.3, -0.25) is 4.79 Å². The van der Waals surface area contributed by atoms with Crippen LogP contribution in [0.15, 0.2) is 47.4 Å². The summed E-state index contributed by atoms with van der Waals surface area (Å²) in [6, 6.07) is 11.7. The Morgan fingerprint density at radius 2 is 1.72 bits per heavy atom. The minimum atomic E-state index is -3.67. The van der Waals surface area contributed by atoms with Crippen molar-refractivity contribution in [1.29, 1.82) is 0 Å². The van der Waals surface area contributed by atoms with Gasteiger partial charge in [0.05, 0.1) is 30.2 Å². The number of hydrogen-bond acceptors (Lipinski definition) is 5. The molecule has 1 unspecified atom stereocenters. The van der Waals surface area contributed by atoms with Gasteiger partial charge in [0.15, 0.2) is 0 Å². The van der Waals surface area contributed by atoms with Gasteiger partial charge in [-0.05, 0) is 62.6 Å². The molecule has 0 spiro atoms. The van der Waals surface area contributed by atoms with Crippen LogP contribution >= 0.6 is 0 Å². The summed E-state index contributed by atoms with van der Waals surface area (Å²) < 4.78 is 38.7. The average molecular weight is 461 g/mol. The number of nitrogens with zero attached hydrogens (tertiary/aromatic N) is 1. The highest BCUT2D eigenvalue weighted by Crippen LogP contribution is 2.27. The first kappa shape index (κ1) is 24.1. The molecule has 3 rings (SSSR count). The van der Waals surface area contributed by atoms with Gasteiger partial charge in [-0.2, -0.15) is 4.31 Å². The number of nitrogens with one attached hydrogen (secondary N) is 1. The number of rotatable bonds is 8. The molecular formula is C24H32N2O5S. The Hall–Kier alpha value is -2.58. The zero-order valence-electron chi connectivity index (χ0n) is 19.0. The summed E-state index contributed by atoms with van der Waals surface area (Å²) in [5, 5.41) is 2.94. The molecule has 8 heteroatoms. The minimum absolute atomic E-state index is 0.110. The number of carbonyl (C=O) groups excluding carboxylic acids is 1. The predicted molar refractivity (Wildman–Crippen MR) is 124 cm³/mol. The van der Waals surface area contributed by atoms with Crippen molar-refractivity contribution < 1.29 is 22.7 Å². The van der Waals surface area contributed by atoms with E-state index in [0.717, 1.165) is 37.0 Å². The molecule has 1 fully saturated rings. The second kappa shape index (κ2) is 10.8. The minimum Gasteiger partial charge on any atom is -0.496 e. The smallest absolute Gasteiger partial charge is 0.255 e. The van der Waals surface area contributed by atoms with Crippen molar-refractivity contribution in [1.82, 2.24) is 9.62 Å². The second-order valence-corrected chi connectivity index (χ2v) is 9.82. The Morgan fingerprint density at radius 1 is 1.06 bits per heavy atom. The molecule has 1 heterocycles. The number of amides is 1. The lowest BCUT2D eigenvalue weighted by Gasteiger charge is -2.21. The lowest BCUT2D eigenvalue weighted by molar-refractivity contribution is 0.0936. The molecule has 1 atom stereocenters. The van der Waals surface area contributed by atoms with E-state index in [2.05, 4.69) is 5.32 Å². The van der Waals surface area contributed by atoms with E-state index in [0.29, 0.717) is 25.4 Å². The van der Waals surface area contributed by atoms with Gasteiger partial charge >= 0.3 is 0 Å². The summed E-state index contributed by atoms with van der Waals surface area (Å²) in [6.07, 6.45) is 3.77. The van der Waals surface area contributed by atoms with Crippen LogP contribution in [0.1, 0.15) is 61.5 Å². The summed E-state index contributed by atoms with van der Waals surface area (Å²) in [5.74, 6) is 0.704. The molecular weight excluding hydrogens is 428 g/mol. The van der Waals surface area contributed by atoms with Gasteiger partial charge in [-0.25, -0.2) is 8.42 Å². The second-order valence-electron chi connectivity index (χ2n) is 7.88. The van der Waals surface area contributed by atoms with Crippen molar-refractivity contribution >= 4 is 15.9 Å². The summed E-state index contributed by atoms with van der Waals surface area (Å²) >= 11 is 0. The van der Waals surface area contributed by atoms with E-state index in [4.69, 9.17) is 9.47 Å². The fourth-order valence-electron chi connectivity index (χ4n) is 3.83. The van der Waals surface area contributed by atoms with Crippen molar-refractivity contribution in [2.45, 2.75) is 50.5 Å². The number of sulfonamides is 1. The molecule has 2 aromatic rings. The number of ether oxygens (including phenoxy) is 2. The SMILES string of the molecule is CCOc1ccc(C(C)NC(=O)c2cc(S(=O)(=O)N3CCCCCC3)ccc2OC)cc1. The maximum Gasteiger partial charge on any atom is 0.255 e. The zero-order valence-corrected chi connectivity index (χ0v) is 19.8. The fourth-order valence-corrected chi connectivity index (χ4v) is 5.38. The molecule has 174 valence electrons. The molecule has 0 radical (unpaired) electrons. The van der Waals surface area contributed by atoms with E-state index in [-0.39, 0.29) is 16.5 Å². The van der Waals surface area contributed by atoms with Crippen LogP contribution in [0.2, 0.25) is 0 Å². The van der Waals surface area contributed by atoms with Crippen molar-refractivity contribution in [2.75, 3.05) is 26.8 Å². The van der Waals surface area contributed by atoms with E-state index in [1.54, 1.807) is 6.07 Å². The van der Waals surface area contributed by atoms with E-state index in [1.165, 1.54) is 23.5 Å². The third-order valence-corrected chi connectivity index (χ3v) is 7.55. The first-order chi connectivity index (χ1) is 15.4. The Bertz CT molecular complexity index is 1010. The van der Waals surface area contributed by atoms with Gasteiger partial charge in [0, 0.05) is 13.1 Å². The van der Waals surface area contributed by atoms with Gasteiger partial charge in [-0.15, -0.1) is 0 Å². The molecule has 1 aliphatic heterocycles. The first-order valence-corrected chi connectivity index (χ1v) is 12.5. The number of hydrogen-bond donors (Lipinski definition) is 1. The van der Waals surface area contributed by atoms with Crippen LogP contribution in [0, 0.1) is 0 Å². The quantitative estimate of drug-likeness (QED) is 0.640. The molecule has 1 aliphatic rings. The highest BCUT2D eigenvalue weighted by molar-refractivity contribution is 7.89. The van der Waals surface area contributed by atoms with E-state index < -0.39 is 15.9 Å². The van der Waals surface area contributed by atoms with E-state index >= 15 is 0 Å². The van der Waals surface area contributed by atoms with Crippen molar-refractivity contribution in [2.24, 2.45) is 0 Å². The molecule has 7 nitrogen and oxygen atoms in total. The topological polar surface area (TPSA) is 84.9 Å². The van der Waals surface area contributed by atoms with E-state index in [9.17, 15) is 13.2 Å². The summed E-state index contributed by atoms with van der Waals surface area (Å²) in [5.41, 5.74) is 1.11. The normalized spacial score (nSPS) is 16.1. The lowest BCUT2D eigenvalue weighted by Crippen LogP contribution is -2.32. The molecule has 0 aromatic heterocycles. The Morgan fingerprint density at radius 3 is 2.31 bits per heavy atom. The van der Waals surface area contributed by atoms with Crippen LogP contribution in [0.5, 0.6) is 11.5 Å². The first-order valence-electron chi connectivity index (χ1n) is 11.1. The zero-order chi connectivity index (χ0) is 23.1. The van der Waals surface area contributed by atoms with Crippen LogP contribution < -0.4 is 14.8 Å². The Labute approximate surface area is 190 Å². The maximum atomic E-state index is 13.2. The number of benzene rings is 2. The van der Waals surface area contributed by atoms with Gasteiger partial charge in [-0.1, -0.05) is 25.0 Å². The molecule has 0 saturated carbocycles.